The Morgan fingerprint density at radius 3 is 2.31 bits per heavy atom. The number of carbonyl (C=O) groups excluding carboxylic acids is 1. The molecule has 0 aromatic rings. The molecule has 0 spiro atoms. The van der Waals surface area contributed by atoms with Gasteiger partial charge in [0.1, 0.15) is 0 Å². The molecule has 0 bridgehead atoms. The van der Waals surface area contributed by atoms with Gasteiger partial charge < -0.3 is 9.38 Å². The maximum atomic E-state index is 11.2. The zero-order valence-electron chi connectivity index (χ0n) is 9.80. The van der Waals surface area contributed by atoms with E-state index in [0.29, 0.717) is 4.48 Å². The van der Waals surface area contributed by atoms with Crippen molar-refractivity contribution >= 4 is 13.8 Å². The van der Waals surface area contributed by atoms with E-state index in [1.54, 1.807) is 21.1 Å². The molecule has 8 heteroatoms. The van der Waals surface area contributed by atoms with Crippen LogP contribution in [0.25, 0.3) is 0 Å². The van der Waals surface area contributed by atoms with Crippen LogP contribution < -0.4 is 0 Å². The van der Waals surface area contributed by atoms with Crippen molar-refractivity contribution < 1.29 is 32.8 Å². The van der Waals surface area contributed by atoms with E-state index < -0.39 is 13.8 Å². The van der Waals surface area contributed by atoms with E-state index in [1.165, 1.54) is 6.92 Å². The van der Waals surface area contributed by atoms with Gasteiger partial charge in [-0.3, -0.25) is 4.89 Å². The van der Waals surface area contributed by atoms with Gasteiger partial charge >= 0.3 is 13.8 Å². The molecular weight excluding hydrogens is 237 g/mol. The van der Waals surface area contributed by atoms with Crippen molar-refractivity contribution in [1.82, 2.24) is 0 Å². The van der Waals surface area contributed by atoms with Gasteiger partial charge in [0, 0.05) is 5.57 Å². The summed E-state index contributed by atoms with van der Waals surface area (Å²) in [5, 5.41) is 0. The molecule has 0 radical (unpaired) electrons. The third-order valence-electron chi connectivity index (χ3n) is 1.16. The van der Waals surface area contributed by atoms with Crippen molar-refractivity contribution in [3.63, 3.8) is 0 Å². The van der Waals surface area contributed by atoms with Crippen LogP contribution in [0.5, 0.6) is 0 Å². The lowest BCUT2D eigenvalue weighted by Gasteiger charge is -2.23. The average Bonchev–Trinajstić information content (AvgIpc) is 2.10. The first-order valence-corrected chi connectivity index (χ1v) is 5.87. The summed E-state index contributed by atoms with van der Waals surface area (Å²) in [6, 6.07) is 0. The molecule has 0 aliphatic rings. The van der Waals surface area contributed by atoms with E-state index in [4.69, 9.17) is 4.89 Å². The van der Waals surface area contributed by atoms with Crippen LogP contribution in [-0.4, -0.2) is 43.2 Å². The molecule has 1 atom stereocenters. The van der Waals surface area contributed by atoms with Gasteiger partial charge in [-0.15, -0.1) is 0 Å². The average molecular weight is 254 g/mol. The monoisotopic (exact) mass is 254 g/mol. The lowest BCUT2D eigenvalue weighted by molar-refractivity contribution is -0.887. The van der Waals surface area contributed by atoms with Crippen LogP contribution in [-0.2, 0) is 23.4 Å². The first-order chi connectivity index (χ1) is 7.03. The molecule has 94 valence electrons. The van der Waals surface area contributed by atoms with Gasteiger partial charge in [0.2, 0.25) is 0 Å². The molecule has 0 fully saturated rings. The van der Waals surface area contributed by atoms with Crippen LogP contribution >= 0.6 is 7.82 Å². The van der Waals surface area contributed by atoms with Gasteiger partial charge in [0.25, 0.3) is 0 Å². The van der Waals surface area contributed by atoms with Crippen molar-refractivity contribution in [2.24, 2.45) is 0 Å². The Bertz CT molecular complexity index is 321. The molecule has 7 nitrogen and oxygen atoms in total. The quantitative estimate of drug-likeness (QED) is 0.189. The summed E-state index contributed by atoms with van der Waals surface area (Å²) < 4.78 is 20.1. The summed E-state index contributed by atoms with van der Waals surface area (Å²) in [6.45, 7) is 4.58. The van der Waals surface area contributed by atoms with Gasteiger partial charge in [0.05, 0.1) is 21.1 Å². The smallest absolute Gasteiger partial charge is 0.308 e. The third-order valence-corrected chi connectivity index (χ3v) is 1.87. The molecule has 0 heterocycles. The van der Waals surface area contributed by atoms with E-state index in [0.717, 1.165) is 0 Å². The molecule has 0 aliphatic heterocycles. The Morgan fingerprint density at radius 1 is 1.44 bits per heavy atom. The Morgan fingerprint density at radius 2 is 1.94 bits per heavy atom. The van der Waals surface area contributed by atoms with Gasteiger partial charge in [-0.2, -0.15) is 0 Å². The lowest BCUT2D eigenvalue weighted by atomic mass is 10.4. The Hall–Kier alpha value is -0.720. The van der Waals surface area contributed by atoms with E-state index in [2.05, 4.69) is 20.7 Å². The highest BCUT2D eigenvalue weighted by molar-refractivity contribution is 7.47. The number of quaternary nitrogens is 1. The largest absolute Gasteiger partial charge is 0.512 e. The van der Waals surface area contributed by atoms with Crippen LogP contribution in [0.2, 0.25) is 0 Å². The minimum Gasteiger partial charge on any atom is -0.308 e. The maximum absolute atomic E-state index is 11.2. The number of hydrogen-bond acceptors (Lipinski definition) is 5. The van der Waals surface area contributed by atoms with Gasteiger partial charge in [-0.05, 0) is 6.92 Å². The number of hydrogen-bond donors (Lipinski definition) is 1. The number of phosphoric ester groups is 1. The Balaban J connectivity index is 4.11. The molecule has 0 aromatic heterocycles. The highest BCUT2D eigenvalue weighted by Crippen LogP contribution is 2.43. The summed E-state index contributed by atoms with van der Waals surface area (Å²) >= 11 is 0. The topological polar surface area (TPSA) is 82.1 Å². The van der Waals surface area contributed by atoms with Crippen molar-refractivity contribution in [2.75, 3.05) is 27.9 Å². The molecule has 0 aliphatic carbocycles. The SMILES string of the molecule is C=C(C)C(=O)OOP(=O)(O)OC[N+](C)(C)C. The second-order valence-electron chi connectivity index (χ2n) is 4.24. The first-order valence-electron chi connectivity index (χ1n) is 4.37. The van der Waals surface area contributed by atoms with Gasteiger partial charge in [-0.1, -0.05) is 11.3 Å². The molecule has 1 N–H and O–H groups in total. The van der Waals surface area contributed by atoms with Crippen LogP contribution in [0.4, 0.5) is 0 Å². The van der Waals surface area contributed by atoms with Crippen LogP contribution in [0, 0.1) is 0 Å². The molecule has 0 saturated carbocycles. The van der Waals surface area contributed by atoms with Crippen molar-refractivity contribution in [1.29, 1.82) is 0 Å². The summed E-state index contributed by atoms with van der Waals surface area (Å²) in [5.41, 5.74) is 0.0478. The number of carbonyl (C=O) groups is 1. The van der Waals surface area contributed by atoms with E-state index >= 15 is 0 Å². The fourth-order valence-electron chi connectivity index (χ4n) is 0.420. The van der Waals surface area contributed by atoms with Gasteiger partial charge in [0.15, 0.2) is 6.73 Å². The van der Waals surface area contributed by atoms with Crippen molar-refractivity contribution in [3.05, 3.63) is 12.2 Å². The zero-order valence-corrected chi connectivity index (χ0v) is 10.7. The molecule has 0 saturated heterocycles. The second kappa shape index (κ2) is 5.56. The minimum absolute atomic E-state index is 0.0478. The zero-order chi connectivity index (χ0) is 13.0. The lowest BCUT2D eigenvalue weighted by Crippen LogP contribution is -2.36. The number of rotatable bonds is 6. The van der Waals surface area contributed by atoms with Gasteiger partial charge in [-0.25, -0.2) is 13.9 Å². The van der Waals surface area contributed by atoms with E-state index in [9.17, 15) is 9.36 Å². The normalized spacial score (nSPS) is 15.3. The highest BCUT2D eigenvalue weighted by atomic mass is 31.2. The minimum atomic E-state index is -4.38. The van der Waals surface area contributed by atoms with Crippen LogP contribution in [0.1, 0.15) is 6.92 Å². The summed E-state index contributed by atoms with van der Waals surface area (Å²) in [7, 11) is 0.867. The molecule has 16 heavy (non-hydrogen) atoms. The summed E-state index contributed by atoms with van der Waals surface area (Å²) in [4.78, 5) is 24.0. The number of nitrogens with zero attached hydrogens (tertiary/aromatic N) is 1. The standard InChI is InChI=1S/C8H16NO6P/c1-7(2)8(10)14-15-16(11,12)13-6-9(3,4)5/h1,6H2,2-5H3/p+1. The van der Waals surface area contributed by atoms with Crippen LogP contribution in [0.15, 0.2) is 12.2 Å². The summed E-state index contributed by atoms with van der Waals surface area (Å²) in [5.74, 6) is -0.928. The van der Waals surface area contributed by atoms with Crippen molar-refractivity contribution in [3.8, 4) is 0 Å². The fourth-order valence-corrected chi connectivity index (χ4v) is 1.12. The Kier molecular flexibility index (Phi) is 5.31. The maximum Gasteiger partial charge on any atom is 0.512 e. The molecule has 0 rings (SSSR count). The predicted molar refractivity (Wildman–Crippen MR) is 55.8 cm³/mol. The van der Waals surface area contributed by atoms with E-state index in [1.807, 2.05) is 0 Å². The fraction of sp³-hybridized carbons (Fsp3) is 0.625. The van der Waals surface area contributed by atoms with Crippen LogP contribution in [0.3, 0.4) is 0 Å². The molecule has 0 aromatic carbocycles. The Labute approximate surface area is 94.3 Å². The first kappa shape index (κ1) is 15.3. The second-order valence-corrected chi connectivity index (χ2v) is 5.59. The molecule has 0 amide bonds. The predicted octanol–water partition coefficient (Wildman–Crippen LogP) is 0.818. The summed E-state index contributed by atoms with van der Waals surface area (Å²) in [6.07, 6.45) is 0. The highest BCUT2D eigenvalue weighted by Gasteiger charge is 2.28. The molecule has 1 unspecified atom stereocenters. The number of phosphoric acid groups is 1. The third kappa shape index (κ3) is 7.56. The van der Waals surface area contributed by atoms with E-state index in [-0.39, 0.29) is 12.3 Å². The molecular formula is C8H17NO6P+. The van der Waals surface area contributed by atoms with Crippen molar-refractivity contribution in [2.45, 2.75) is 6.92 Å².